The lowest BCUT2D eigenvalue weighted by molar-refractivity contribution is 0.482. The van der Waals surface area contributed by atoms with Crippen LogP contribution in [0.4, 0.5) is 5.88 Å². The average Bonchev–Trinajstić information content (AvgIpc) is 3.18. The summed E-state index contributed by atoms with van der Waals surface area (Å²) in [5.41, 5.74) is 2.18. The summed E-state index contributed by atoms with van der Waals surface area (Å²) in [5.74, 6) is 2.44. The van der Waals surface area contributed by atoms with Crippen LogP contribution >= 0.6 is 0 Å². The highest BCUT2D eigenvalue weighted by molar-refractivity contribution is 5.82. The maximum atomic E-state index is 9.35. The van der Waals surface area contributed by atoms with E-state index in [0.29, 0.717) is 17.2 Å². The third kappa shape index (κ3) is 4.00. The lowest BCUT2D eigenvalue weighted by Gasteiger charge is -2.05. The second-order valence-electron chi connectivity index (χ2n) is 6.05. The number of para-hydroxylation sites is 1. The quantitative estimate of drug-likeness (QED) is 0.387. The van der Waals surface area contributed by atoms with Gasteiger partial charge in [-0.25, -0.2) is 4.99 Å². The first-order chi connectivity index (χ1) is 13.8. The standard InChI is InChI=1S/C24H16N2O2/c25-16-20-15-23(19-7-3-1-4-8-19)28-24(20)26-17-18-11-13-22(14-12-18)27-21-9-5-2-6-10-21/h1-15,17H/b26-17+. The molecule has 4 rings (SSSR count). The minimum absolute atomic E-state index is 0.297. The van der Waals surface area contributed by atoms with E-state index < -0.39 is 0 Å². The van der Waals surface area contributed by atoms with Gasteiger partial charge in [-0.15, -0.1) is 0 Å². The van der Waals surface area contributed by atoms with Crippen LogP contribution in [-0.2, 0) is 0 Å². The zero-order valence-electron chi connectivity index (χ0n) is 14.9. The number of benzene rings is 3. The normalized spacial score (nSPS) is 10.7. The van der Waals surface area contributed by atoms with Crippen molar-refractivity contribution >= 4 is 12.1 Å². The molecule has 0 aliphatic rings. The number of rotatable bonds is 5. The summed E-state index contributed by atoms with van der Waals surface area (Å²) in [6.45, 7) is 0. The first-order valence-corrected chi connectivity index (χ1v) is 8.78. The molecule has 0 spiro atoms. The van der Waals surface area contributed by atoms with E-state index in [0.717, 1.165) is 22.6 Å². The van der Waals surface area contributed by atoms with Gasteiger partial charge >= 0.3 is 0 Å². The topological polar surface area (TPSA) is 58.5 Å². The van der Waals surface area contributed by atoms with Crippen LogP contribution in [-0.4, -0.2) is 6.21 Å². The summed E-state index contributed by atoms with van der Waals surface area (Å²) >= 11 is 0. The number of nitriles is 1. The molecule has 4 aromatic rings. The van der Waals surface area contributed by atoms with Gasteiger partial charge in [-0.1, -0.05) is 48.5 Å². The highest BCUT2D eigenvalue weighted by Gasteiger charge is 2.11. The summed E-state index contributed by atoms with van der Waals surface area (Å²) in [5, 5.41) is 9.35. The van der Waals surface area contributed by atoms with Gasteiger partial charge in [0.1, 0.15) is 28.9 Å². The first-order valence-electron chi connectivity index (χ1n) is 8.78. The van der Waals surface area contributed by atoms with Gasteiger partial charge in [0.2, 0.25) is 5.88 Å². The van der Waals surface area contributed by atoms with Crippen molar-refractivity contribution in [2.45, 2.75) is 0 Å². The predicted octanol–water partition coefficient (Wildman–Crippen LogP) is 6.36. The Morgan fingerprint density at radius 2 is 1.46 bits per heavy atom. The summed E-state index contributed by atoms with van der Waals surface area (Å²) in [6, 6.07) is 30.6. The van der Waals surface area contributed by atoms with Gasteiger partial charge in [0.05, 0.1) is 0 Å². The van der Waals surface area contributed by atoms with E-state index in [1.165, 1.54) is 0 Å². The molecule has 1 aromatic heterocycles. The van der Waals surface area contributed by atoms with E-state index in [1.54, 1.807) is 12.3 Å². The van der Waals surface area contributed by atoms with Crippen molar-refractivity contribution in [3.63, 3.8) is 0 Å². The number of hydrogen-bond donors (Lipinski definition) is 0. The number of ether oxygens (including phenoxy) is 1. The lowest BCUT2D eigenvalue weighted by atomic mass is 10.1. The fraction of sp³-hybridized carbons (Fsp3) is 0. The van der Waals surface area contributed by atoms with Crippen molar-refractivity contribution in [1.29, 1.82) is 5.26 Å². The van der Waals surface area contributed by atoms with Crippen molar-refractivity contribution in [3.05, 3.63) is 102 Å². The van der Waals surface area contributed by atoms with Crippen LogP contribution in [0.2, 0.25) is 0 Å². The molecular formula is C24H16N2O2. The molecule has 4 heteroatoms. The molecule has 0 radical (unpaired) electrons. The van der Waals surface area contributed by atoms with E-state index in [-0.39, 0.29) is 0 Å². The van der Waals surface area contributed by atoms with E-state index >= 15 is 0 Å². The summed E-state index contributed by atoms with van der Waals surface area (Å²) in [6.07, 6.45) is 1.67. The fourth-order valence-electron chi connectivity index (χ4n) is 2.68. The Labute approximate surface area is 163 Å². The molecule has 0 fully saturated rings. The number of aliphatic imine (C=N–C) groups is 1. The maximum absolute atomic E-state index is 9.35. The molecule has 0 unspecified atom stereocenters. The van der Waals surface area contributed by atoms with Crippen molar-refractivity contribution in [2.24, 2.45) is 4.99 Å². The minimum Gasteiger partial charge on any atom is -0.457 e. The van der Waals surface area contributed by atoms with E-state index in [4.69, 9.17) is 9.15 Å². The van der Waals surface area contributed by atoms with Gasteiger partial charge < -0.3 is 9.15 Å². The molecular weight excluding hydrogens is 348 g/mol. The van der Waals surface area contributed by atoms with Crippen molar-refractivity contribution in [2.75, 3.05) is 0 Å². The van der Waals surface area contributed by atoms with Crippen LogP contribution in [0.25, 0.3) is 11.3 Å². The highest BCUT2D eigenvalue weighted by Crippen LogP contribution is 2.30. The third-order valence-electron chi connectivity index (χ3n) is 4.08. The second kappa shape index (κ2) is 8.07. The van der Waals surface area contributed by atoms with Gasteiger partial charge in [-0.3, -0.25) is 0 Å². The Kier molecular flexibility index (Phi) is 4.99. The summed E-state index contributed by atoms with van der Waals surface area (Å²) in [7, 11) is 0. The largest absolute Gasteiger partial charge is 0.457 e. The molecule has 4 nitrogen and oxygen atoms in total. The molecule has 3 aromatic carbocycles. The summed E-state index contributed by atoms with van der Waals surface area (Å²) in [4.78, 5) is 4.35. The van der Waals surface area contributed by atoms with Gasteiger partial charge in [0.25, 0.3) is 0 Å². The van der Waals surface area contributed by atoms with Gasteiger partial charge in [0.15, 0.2) is 0 Å². The van der Waals surface area contributed by atoms with Crippen LogP contribution in [0.1, 0.15) is 11.1 Å². The van der Waals surface area contributed by atoms with E-state index in [9.17, 15) is 5.26 Å². The Balaban J connectivity index is 1.51. The van der Waals surface area contributed by atoms with Gasteiger partial charge in [-0.2, -0.15) is 5.26 Å². The Hall–Kier alpha value is -4.10. The van der Waals surface area contributed by atoms with Crippen LogP contribution in [0.5, 0.6) is 11.5 Å². The smallest absolute Gasteiger partial charge is 0.237 e. The fourth-order valence-corrected chi connectivity index (χ4v) is 2.68. The monoisotopic (exact) mass is 364 g/mol. The van der Waals surface area contributed by atoms with Crippen LogP contribution in [0.15, 0.2) is 100 Å². The van der Waals surface area contributed by atoms with Crippen molar-refractivity contribution in [3.8, 4) is 28.9 Å². The molecule has 28 heavy (non-hydrogen) atoms. The van der Waals surface area contributed by atoms with Gasteiger partial charge in [0, 0.05) is 17.8 Å². The Morgan fingerprint density at radius 1 is 0.821 bits per heavy atom. The van der Waals surface area contributed by atoms with Crippen LogP contribution in [0, 0.1) is 11.3 Å². The molecule has 0 bridgehead atoms. The SMILES string of the molecule is N#Cc1cc(-c2ccccc2)oc1/N=C/c1ccc(Oc2ccccc2)cc1. The van der Waals surface area contributed by atoms with Crippen LogP contribution in [0.3, 0.4) is 0 Å². The average molecular weight is 364 g/mol. The van der Waals surface area contributed by atoms with Crippen molar-refractivity contribution in [1.82, 2.24) is 0 Å². The highest BCUT2D eigenvalue weighted by atomic mass is 16.5. The molecule has 0 saturated carbocycles. The van der Waals surface area contributed by atoms with E-state index in [2.05, 4.69) is 11.1 Å². The zero-order chi connectivity index (χ0) is 19.2. The first kappa shape index (κ1) is 17.3. The molecule has 0 saturated heterocycles. The molecule has 0 atom stereocenters. The van der Waals surface area contributed by atoms with Gasteiger partial charge in [-0.05, 0) is 42.0 Å². The molecule has 134 valence electrons. The predicted molar refractivity (Wildman–Crippen MR) is 109 cm³/mol. The maximum Gasteiger partial charge on any atom is 0.237 e. The Bertz CT molecular complexity index is 1120. The molecule has 0 aliphatic carbocycles. The zero-order valence-corrected chi connectivity index (χ0v) is 14.9. The molecule has 0 N–H and O–H groups in total. The number of nitrogens with zero attached hydrogens (tertiary/aromatic N) is 2. The van der Waals surface area contributed by atoms with Crippen molar-refractivity contribution < 1.29 is 9.15 Å². The number of furan rings is 1. The van der Waals surface area contributed by atoms with Crippen LogP contribution < -0.4 is 4.74 Å². The molecule has 1 heterocycles. The summed E-state index contributed by atoms with van der Waals surface area (Å²) < 4.78 is 11.5. The van der Waals surface area contributed by atoms with E-state index in [1.807, 2.05) is 84.9 Å². The third-order valence-corrected chi connectivity index (χ3v) is 4.08. The minimum atomic E-state index is 0.297. The molecule has 0 amide bonds. The lowest BCUT2D eigenvalue weighted by Crippen LogP contribution is -1.85. The number of hydrogen-bond acceptors (Lipinski definition) is 4. The second-order valence-corrected chi connectivity index (χ2v) is 6.05. The molecule has 0 aliphatic heterocycles. The Morgan fingerprint density at radius 3 is 2.14 bits per heavy atom.